The number of nitrogens with zero attached hydrogens (tertiary/aromatic N) is 1. The number of anilines is 1. The molecule has 0 aliphatic carbocycles. The van der Waals surface area contributed by atoms with E-state index in [0.717, 1.165) is 11.1 Å². The molecule has 0 aromatic heterocycles. The van der Waals surface area contributed by atoms with E-state index >= 15 is 0 Å². The van der Waals surface area contributed by atoms with Crippen molar-refractivity contribution < 1.29 is 18.0 Å². The Morgan fingerprint density at radius 1 is 1.07 bits per heavy atom. The van der Waals surface area contributed by atoms with Gasteiger partial charge >= 0.3 is 15.3 Å². The number of rotatable bonds is 6. The van der Waals surface area contributed by atoms with E-state index < -0.39 is 15.3 Å². The van der Waals surface area contributed by atoms with Gasteiger partial charge in [-0.1, -0.05) is 41.9 Å². The summed E-state index contributed by atoms with van der Waals surface area (Å²) in [6, 6.07) is 14.4. The minimum absolute atomic E-state index is 0.0806. The number of hydrogen-bond acceptors (Lipinski definition) is 4. The van der Waals surface area contributed by atoms with E-state index in [1.807, 2.05) is 41.3 Å². The van der Waals surface area contributed by atoms with Gasteiger partial charge in [0.15, 0.2) is 0 Å². The number of nitrogens with two attached hydrogens (primary N) is 1. The van der Waals surface area contributed by atoms with Crippen LogP contribution in [0.2, 0.25) is 5.02 Å². The van der Waals surface area contributed by atoms with Crippen LogP contribution >= 0.6 is 11.6 Å². The number of aryl methyl sites for hydroxylation is 1. The monoisotopic (exact) mass is 449 g/mol. The predicted molar refractivity (Wildman–Crippen MR) is 117 cm³/mol. The first-order valence-electron chi connectivity index (χ1n) is 9.69. The number of primary amides is 1. The molecule has 0 saturated carbocycles. The lowest BCUT2D eigenvalue weighted by Gasteiger charge is -2.33. The topological polar surface area (TPSA) is 110 Å². The minimum Gasteiger partial charge on any atom is -0.355 e. The highest BCUT2D eigenvalue weighted by Gasteiger charge is 2.27. The number of benzene rings is 2. The Morgan fingerprint density at radius 3 is 2.33 bits per heavy atom. The number of likely N-dealkylation sites (tertiary alicyclic amines) is 1. The first-order valence-corrected chi connectivity index (χ1v) is 11.6. The predicted octanol–water partition coefficient (Wildman–Crippen LogP) is 3.50. The highest BCUT2D eigenvalue weighted by molar-refractivity contribution is 8.07. The molecule has 0 bridgehead atoms. The minimum atomic E-state index is -4.26. The Balaban J connectivity index is 1.58. The molecule has 1 aliphatic rings. The molecule has 2 amide bonds. The normalized spacial score (nSPS) is 15.0. The maximum absolute atomic E-state index is 12.6. The van der Waals surface area contributed by atoms with E-state index in [-0.39, 0.29) is 11.8 Å². The molecular formula is C21H24ClN3O4S. The molecule has 0 unspecified atom stereocenters. The Bertz CT molecular complexity index is 1020. The summed E-state index contributed by atoms with van der Waals surface area (Å²) >= 11 is 5.89. The highest BCUT2D eigenvalue weighted by Crippen LogP contribution is 2.33. The summed E-state index contributed by atoms with van der Waals surface area (Å²) in [6.07, 6.45) is 2.51. The average molecular weight is 450 g/mol. The summed E-state index contributed by atoms with van der Waals surface area (Å²) in [5.74, 6) is 0.184. The van der Waals surface area contributed by atoms with Gasteiger partial charge in [0.05, 0.1) is 5.69 Å². The third-order valence-electron chi connectivity index (χ3n) is 5.30. The Kier molecular flexibility index (Phi) is 6.99. The standard InChI is InChI=1S/C21H24ClN3O4S/c22-17-8-5-15(6-9-17)7-10-20(26)25-13-11-16(12-14-25)18-3-1-2-4-19(18)24-30(28,29)21(23)27/h1-6,8-9,16,24H,7,10-14H2,(H2,23,27). The molecule has 30 heavy (non-hydrogen) atoms. The van der Waals surface area contributed by atoms with Gasteiger partial charge < -0.3 is 10.6 Å². The van der Waals surface area contributed by atoms with Crippen LogP contribution in [0.5, 0.6) is 0 Å². The Morgan fingerprint density at radius 2 is 1.70 bits per heavy atom. The summed E-state index contributed by atoms with van der Waals surface area (Å²) in [7, 11) is -4.26. The van der Waals surface area contributed by atoms with Crippen molar-refractivity contribution in [2.24, 2.45) is 5.73 Å². The van der Waals surface area contributed by atoms with Gasteiger partial charge in [0, 0.05) is 24.5 Å². The van der Waals surface area contributed by atoms with Crippen LogP contribution in [0.25, 0.3) is 0 Å². The third-order valence-corrected chi connectivity index (χ3v) is 6.57. The van der Waals surface area contributed by atoms with Crippen molar-refractivity contribution in [3.05, 3.63) is 64.7 Å². The number of hydrogen-bond donors (Lipinski definition) is 2. The number of para-hydroxylation sites is 1. The van der Waals surface area contributed by atoms with Gasteiger partial charge in [0.1, 0.15) is 0 Å². The van der Waals surface area contributed by atoms with E-state index in [2.05, 4.69) is 4.72 Å². The summed E-state index contributed by atoms with van der Waals surface area (Å²) in [6.45, 7) is 1.20. The molecule has 0 spiro atoms. The van der Waals surface area contributed by atoms with Crippen molar-refractivity contribution in [3.8, 4) is 0 Å². The van der Waals surface area contributed by atoms with Gasteiger partial charge in [-0.3, -0.25) is 14.3 Å². The largest absolute Gasteiger partial charge is 0.355 e. The van der Waals surface area contributed by atoms with Crippen molar-refractivity contribution in [1.82, 2.24) is 4.90 Å². The molecule has 3 rings (SSSR count). The molecule has 1 fully saturated rings. The van der Waals surface area contributed by atoms with Crippen LogP contribution in [-0.4, -0.2) is 37.6 Å². The fourth-order valence-electron chi connectivity index (χ4n) is 3.64. The van der Waals surface area contributed by atoms with Gasteiger partial charge in [0.25, 0.3) is 0 Å². The molecule has 1 aliphatic heterocycles. The second-order valence-corrected chi connectivity index (χ2v) is 9.34. The van der Waals surface area contributed by atoms with Gasteiger partial charge in [-0.25, -0.2) is 0 Å². The number of piperidine rings is 1. The number of nitrogens with one attached hydrogen (secondary N) is 1. The Labute approximate surface area is 181 Å². The molecule has 0 radical (unpaired) electrons. The van der Waals surface area contributed by atoms with Crippen molar-refractivity contribution in [1.29, 1.82) is 0 Å². The number of carbonyl (C=O) groups excluding carboxylic acids is 2. The molecule has 7 nitrogen and oxygen atoms in total. The second kappa shape index (κ2) is 9.49. The maximum atomic E-state index is 12.6. The van der Waals surface area contributed by atoms with Crippen LogP contribution in [0.3, 0.4) is 0 Å². The van der Waals surface area contributed by atoms with Crippen LogP contribution in [0.15, 0.2) is 48.5 Å². The van der Waals surface area contributed by atoms with Gasteiger partial charge in [-0.05, 0) is 54.5 Å². The zero-order valence-corrected chi connectivity index (χ0v) is 18.0. The number of carbonyl (C=O) groups is 2. The third kappa shape index (κ3) is 5.52. The van der Waals surface area contributed by atoms with Crippen molar-refractivity contribution in [2.75, 3.05) is 17.8 Å². The van der Waals surface area contributed by atoms with E-state index in [0.29, 0.717) is 49.5 Å². The summed E-state index contributed by atoms with van der Waals surface area (Å²) < 4.78 is 25.9. The highest BCUT2D eigenvalue weighted by atomic mass is 35.5. The lowest BCUT2D eigenvalue weighted by molar-refractivity contribution is -0.132. The zero-order valence-electron chi connectivity index (χ0n) is 16.4. The molecule has 2 aromatic carbocycles. The summed E-state index contributed by atoms with van der Waals surface area (Å²) in [5, 5.41) is -0.746. The first kappa shape index (κ1) is 22.1. The van der Waals surface area contributed by atoms with Gasteiger partial charge in [0.2, 0.25) is 5.91 Å². The van der Waals surface area contributed by atoms with E-state index in [4.69, 9.17) is 17.3 Å². The molecule has 1 saturated heterocycles. The van der Waals surface area contributed by atoms with Crippen molar-refractivity contribution in [3.63, 3.8) is 0 Å². The lowest BCUT2D eigenvalue weighted by atomic mass is 9.88. The van der Waals surface area contributed by atoms with E-state index in [1.54, 1.807) is 12.1 Å². The van der Waals surface area contributed by atoms with Crippen LogP contribution in [0, 0.1) is 0 Å². The number of sulfonamides is 1. The van der Waals surface area contributed by atoms with Crippen LogP contribution in [0.1, 0.15) is 36.3 Å². The average Bonchev–Trinajstić information content (AvgIpc) is 2.73. The number of halogens is 1. The fraction of sp³-hybridized carbons (Fsp3) is 0.333. The molecule has 1 heterocycles. The Hall–Kier alpha value is -2.58. The summed E-state index contributed by atoms with van der Waals surface area (Å²) in [4.78, 5) is 25.6. The zero-order chi connectivity index (χ0) is 21.7. The van der Waals surface area contributed by atoms with Gasteiger partial charge in [-0.15, -0.1) is 0 Å². The van der Waals surface area contributed by atoms with Crippen LogP contribution in [0.4, 0.5) is 10.5 Å². The molecule has 2 aromatic rings. The SMILES string of the molecule is NC(=O)S(=O)(=O)Nc1ccccc1C1CCN(C(=O)CCc2ccc(Cl)cc2)CC1. The number of amides is 2. The van der Waals surface area contributed by atoms with Crippen LogP contribution < -0.4 is 10.5 Å². The first-order chi connectivity index (χ1) is 14.3. The molecule has 0 atom stereocenters. The molecular weight excluding hydrogens is 426 g/mol. The second-order valence-electron chi connectivity index (χ2n) is 7.29. The molecule has 160 valence electrons. The summed E-state index contributed by atoms with van der Waals surface area (Å²) in [5.41, 5.74) is 7.16. The lowest BCUT2D eigenvalue weighted by Crippen LogP contribution is -2.38. The van der Waals surface area contributed by atoms with E-state index in [1.165, 1.54) is 0 Å². The van der Waals surface area contributed by atoms with Crippen LogP contribution in [-0.2, 0) is 21.2 Å². The maximum Gasteiger partial charge on any atom is 0.354 e. The molecule has 3 N–H and O–H groups in total. The smallest absolute Gasteiger partial charge is 0.354 e. The fourth-order valence-corrected chi connectivity index (χ4v) is 4.34. The van der Waals surface area contributed by atoms with E-state index in [9.17, 15) is 18.0 Å². The molecule has 9 heteroatoms. The van der Waals surface area contributed by atoms with Crippen molar-refractivity contribution >= 4 is 38.5 Å². The van der Waals surface area contributed by atoms with Gasteiger partial charge in [-0.2, -0.15) is 8.42 Å². The van der Waals surface area contributed by atoms with Crippen molar-refractivity contribution in [2.45, 2.75) is 31.6 Å². The quantitative estimate of drug-likeness (QED) is 0.703.